The molecule has 0 aromatic heterocycles. The summed E-state index contributed by atoms with van der Waals surface area (Å²) in [4.78, 5) is 12.8. The maximum atomic E-state index is 13.6. The molecule has 1 atom stereocenters. The summed E-state index contributed by atoms with van der Waals surface area (Å²) in [6.07, 6.45) is 6.27. The zero-order valence-electron chi connectivity index (χ0n) is 18.9. The number of ether oxygens (including phenoxy) is 2. The van der Waals surface area contributed by atoms with Crippen LogP contribution in [0.4, 0.5) is 4.39 Å². The molecule has 0 saturated carbocycles. The molecule has 1 aromatic carbocycles. The molecule has 1 aliphatic heterocycles. The normalized spacial score (nSPS) is 15.1. The molecule has 30 heavy (non-hydrogen) atoms. The second-order valence-electron chi connectivity index (χ2n) is 7.46. The van der Waals surface area contributed by atoms with Crippen molar-refractivity contribution in [3.05, 3.63) is 59.8 Å². The van der Waals surface area contributed by atoms with E-state index in [1.165, 1.54) is 18.4 Å². The maximum absolute atomic E-state index is 13.6. The molecule has 0 aliphatic carbocycles. The second-order valence-corrected chi connectivity index (χ2v) is 8.69. The van der Waals surface area contributed by atoms with E-state index in [0.717, 1.165) is 36.1 Å². The Kier molecular flexibility index (Phi) is 12.3. The highest BCUT2D eigenvalue weighted by atomic mass is 32.2. The van der Waals surface area contributed by atoms with E-state index in [4.69, 9.17) is 9.47 Å². The number of allylic oxidation sites excluding steroid dienone is 1. The minimum Gasteiger partial charge on any atom is -0.504 e. The lowest BCUT2D eigenvalue weighted by Crippen LogP contribution is -2.30. The fourth-order valence-electron chi connectivity index (χ4n) is 3.15. The third-order valence-corrected chi connectivity index (χ3v) is 6.02. The summed E-state index contributed by atoms with van der Waals surface area (Å²) in [7, 11) is 3.48. The number of likely N-dealkylation sites (N-methyl/N-ethyl adjacent to an activating group) is 1. The number of thioether (sulfide) groups is 1. The van der Waals surface area contributed by atoms with Gasteiger partial charge < -0.3 is 14.4 Å². The first-order chi connectivity index (χ1) is 14.3. The van der Waals surface area contributed by atoms with Crippen LogP contribution in [-0.2, 0) is 14.3 Å². The zero-order valence-corrected chi connectivity index (χ0v) is 19.8. The smallest absolute Gasteiger partial charge is 0.302 e. The van der Waals surface area contributed by atoms with Gasteiger partial charge in [0.25, 0.3) is 0 Å². The van der Waals surface area contributed by atoms with Crippen LogP contribution >= 0.6 is 11.8 Å². The van der Waals surface area contributed by atoms with Crippen molar-refractivity contribution in [3.63, 3.8) is 0 Å². The van der Waals surface area contributed by atoms with Gasteiger partial charge >= 0.3 is 5.97 Å². The van der Waals surface area contributed by atoms with Gasteiger partial charge in [0.2, 0.25) is 0 Å². The topological polar surface area (TPSA) is 38.8 Å². The monoisotopic (exact) mass is 437 g/mol. The number of hydrogen-bond acceptors (Lipinski definition) is 5. The summed E-state index contributed by atoms with van der Waals surface area (Å²) in [5.41, 5.74) is 2.75. The molecule has 0 N–H and O–H groups in total. The molecule has 1 saturated heterocycles. The predicted octanol–water partition coefficient (Wildman–Crippen LogP) is 5.68. The average molecular weight is 438 g/mol. The van der Waals surface area contributed by atoms with Crippen LogP contribution in [0.3, 0.4) is 0 Å². The number of rotatable bonds is 8. The molecule has 4 nitrogen and oxygen atoms in total. The lowest BCUT2D eigenvalue weighted by atomic mass is 9.92. The van der Waals surface area contributed by atoms with Gasteiger partial charge in [-0.05, 0) is 66.9 Å². The van der Waals surface area contributed by atoms with Gasteiger partial charge in [0.1, 0.15) is 11.9 Å². The largest absolute Gasteiger partial charge is 0.504 e. The van der Waals surface area contributed by atoms with Crippen molar-refractivity contribution in [1.82, 2.24) is 4.90 Å². The maximum Gasteiger partial charge on any atom is 0.302 e. The summed E-state index contributed by atoms with van der Waals surface area (Å²) >= 11 is 1.98. The Balaban J connectivity index is 0.000000301. The number of hydrogen-bond donors (Lipinski definition) is 0. The number of carbonyl (C=O) groups excluding carboxylic acids is 1. The molecule has 0 bridgehead atoms. The highest BCUT2D eigenvalue weighted by Crippen LogP contribution is 2.32. The number of esters is 1. The van der Waals surface area contributed by atoms with E-state index in [2.05, 4.69) is 6.58 Å². The number of methoxy groups -OCH3 is 1. The van der Waals surface area contributed by atoms with Crippen molar-refractivity contribution in [2.45, 2.75) is 52.1 Å². The average Bonchev–Trinajstić information content (AvgIpc) is 2.72. The highest BCUT2D eigenvalue weighted by molar-refractivity contribution is 7.99. The lowest BCUT2D eigenvalue weighted by molar-refractivity contribution is -0.147. The van der Waals surface area contributed by atoms with Gasteiger partial charge in [0.05, 0.1) is 19.9 Å². The first-order valence-corrected chi connectivity index (χ1v) is 11.5. The van der Waals surface area contributed by atoms with Gasteiger partial charge in [-0.3, -0.25) is 4.79 Å². The van der Waals surface area contributed by atoms with Gasteiger partial charge in [-0.2, -0.15) is 11.8 Å². The van der Waals surface area contributed by atoms with Crippen LogP contribution < -0.4 is 0 Å². The van der Waals surface area contributed by atoms with Gasteiger partial charge in [-0.1, -0.05) is 25.6 Å². The highest BCUT2D eigenvalue weighted by Gasteiger charge is 2.18. The van der Waals surface area contributed by atoms with E-state index in [9.17, 15) is 9.18 Å². The van der Waals surface area contributed by atoms with E-state index in [0.29, 0.717) is 12.5 Å². The molecule has 1 fully saturated rings. The molecule has 6 heteroatoms. The Morgan fingerprint density at radius 2 is 2.07 bits per heavy atom. The Morgan fingerprint density at radius 1 is 1.40 bits per heavy atom. The molecule has 1 heterocycles. The number of aryl methyl sites for hydroxylation is 1. The third kappa shape index (κ3) is 9.70. The Morgan fingerprint density at radius 3 is 2.60 bits per heavy atom. The first kappa shape index (κ1) is 26.1. The summed E-state index contributed by atoms with van der Waals surface area (Å²) in [6, 6.07) is 5.63. The van der Waals surface area contributed by atoms with Crippen LogP contribution in [0.15, 0.2) is 42.8 Å². The minimum absolute atomic E-state index is 0.0121. The fraction of sp³-hybridized carbons (Fsp3) is 0.542. The fourth-order valence-corrected chi connectivity index (χ4v) is 4.26. The number of nitrogens with zero attached hydrogens (tertiary/aromatic N) is 1. The Bertz CT molecular complexity index is 702. The van der Waals surface area contributed by atoms with Crippen LogP contribution in [0, 0.1) is 12.7 Å². The van der Waals surface area contributed by atoms with Crippen LogP contribution in [0.25, 0.3) is 0 Å². The minimum atomic E-state index is -0.252. The molecule has 1 aliphatic rings. The van der Waals surface area contributed by atoms with Gasteiger partial charge in [0, 0.05) is 19.7 Å². The molecular weight excluding hydrogens is 401 g/mol. The van der Waals surface area contributed by atoms with Crippen molar-refractivity contribution >= 4 is 17.7 Å². The van der Waals surface area contributed by atoms with Crippen LogP contribution in [-0.4, -0.2) is 49.2 Å². The van der Waals surface area contributed by atoms with E-state index >= 15 is 0 Å². The van der Waals surface area contributed by atoms with Gasteiger partial charge in [-0.25, -0.2) is 4.39 Å². The zero-order chi connectivity index (χ0) is 22.5. The van der Waals surface area contributed by atoms with Crippen LogP contribution in [0.5, 0.6) is 0 Å². The Labute approximate surface area is 185 Å². The second kappa shape index (κ2) is 14.1. The summed E-state index contributed by atoms with van der Waals surface area (Å²) in [5, 5.41) is 0. The van der Waals surface area contributed by atoms with Crippen molar-refractivity contribution in [1.29, 1.82) is 0 Å². The molecule has 2 rings (SSSR count). The van der Waals surface area contributed by atoms with E-state index in [1.807, 2.05) is 49.7 Å². The SMILES string of the molecule is C=C(/C=C\OC)N(C)CC(CC)OC(C)=O.Cc1ccc(C2CCSCC2)c(F)c1. The van der Waals surface area contributed by atoms with Crippen molar-refractivity contribution in [2.75, 3.05) is 32.2 Å². The first-order valence-electron chi connectivity index (χ1n) is 10.4. The predicted molar refractivity (Wildman–Crippen MR) is 124 cm³/mol. The number of benzene rings is 1. The number of halogens is 1. The molecule has 1 unspecified atom stereocenters. The van der Waals surface area contributed by atoms with E-state index in [-0.39, 0.29) is 17.9 Å². The van der Waals surface area contributed by atoms with Gasteiger partial charge in [0.15, 0.2) is 0 Å². The third-order valence-electron chi connectivity index (χ3n) is 4.97. The molecule has 0 radical (unpaired) electrons. The standard InChI is InChI=1S/C12H15FS.C12H21NO3/c1-9-2-3-11(12(13)8-9)10-4-6-14-7-5-10;1-6-12(16-11(3)14)9-13(4)10(2)7-8-15-5/h2-3,8,10H,4-7H2,1H3;7-8,12H,2,6,9H2,1,3-5H3/b;8-7-. The summed E-state index contributed by atoms with van der Waals surface area (Å²) in [6.45, 7) is 9.84. The van der Waals surface area contributed by atoms with Crippen molar-refractivity contribution in [3.8, 4) is 0 Å². The van der Waals surface area contributed by atoms with E-state index < -0.39 is 0 Å². The molecule has 168 valence electrons. The lowest BCUT2D eigenvalue weighted by Gasteiger charge is -2.24. The van der Waals surface area contributed by atoms with Gasteiger partial charge in [-0.15, -0.1) is 0 Å². The van der Waals surface area contributed by atoms with E-state index in [1.54, 1.807) is 25.5 Å². The molecule has 1 aromatic rings. The molecule has 0 amide bonds. The van der Waals surface area contributed by atoms with Crippen molar-refractivity contribution in [2.24, 2.45) is 0 Å². The van der Waals surface area contributed by atoms with Crippen molar-refractivity contribution < 1.29 is 18.7 Å². The quantitative estimate of drug-likeness (QED) is 0.297. The number of carbonyl (C=O) groups is 1. The molecular formula is C24H36FNO3S. The summed E-state index contributed by atoms with van der Waals surface area (Å²) < 4.78 is 23.6. The Hall–Kier alpha value is -1.95. The van der Waals surface area contributed by atoms with Crippen LogP contribution in [0.1, 0.15) is 50.2 Å². The molecule has 0 spiro atoms. The summed E-state index contributed by atoms with van der Waals surface area (Å²) in [5.74, 6) is 2.55. The van der Waals surface area contributed by atoms with Crippen LogP contribution in [0.2, 0.25) is 0 Å².